The Morgan fingerprint density at radius 2 is 2.19 bits per heavy atom. The summed E-state index contributed by atoms with van der Waals surface area (Å²) in [5, 5.41) is 15.5. The summed E-state index contributed by atoms with van der Waals surface area (Å²) in [5.74, 6) is 0.165. The summed E-state index contributed by atoms with van der Waals surface area (Å²) in [6.07, 6.45) is 3.64. The molecule has 0 bridgehead atoms. The van der Waals surface area contributed by atoms with E-state index in [0.29, 0.717) is 25.7 Å². The van der Waals surface area contributed by atoms with E-state index in [0.717, 1.165) is 37.9 Å². The third-order valence-electron chi connectivity index (χ3n) is 3.56. The van der Waals surface area contributed by atoms with Gasteiger partial charge in [-0.2, -0.15) is 0 Å². The Hall–Kier alpha value is -1.59. The Morgan fingerprint density at radius 1 is 1.38 bits per heavy atom. The average molecular weight is 292 g/mol. The summed E-state index contributed by atoms with van der Waals surface area (Å²) >= 11 is 0. The van der Waals surface area contributed by atoms with Crippen molar-refractivity contribution in [3.8, 4) is 5.75 Å². The van der Waals surface area contributed by atoms with Gasteiger partial charge < -0.3 is 20.5 Å². The van der Waals surface area contributed by atoms with Crippen LogP contribution < -0.4 is 10.6 Å². The zero-order chi connectivity index (χ0) is 14.9. The quantitative estimate of drug-likeness (QED) is 0.661. The van der Waals surface area contributed by atoms with Crippen LogP contribution in [0.2, 0.25) is 0 Å². The molecule has 1 heterocycles. The van der Waals surface area contributed by atoms with Crippen LogP contribution in [0.15, 0.2) is 24.3 Å². The largest absolute Gasteiger partial charge is 0.508 e. The van der Waals surface area contributed by atoms with Crippen molar-refractivity contribution in [3.05, 3.63) is 29.8 Å². The molecule has 1 saturated heterocycles. The van der Waals surface area contributed by atoms with Crippen molar-refractivity contribution in [2.24, 2.45) is 0 Å². The van der Waals surface area contributed by atoms with Crippen LogP contribution in [-0.4, -0.2) is 43.4 Å². The van der Waals surface area contributed by atoms with Crippen molar-refractivity contribution >= 4 is 5.91 Å². The van der Waals surface area contributed by atoms with Gasteiger partial charge in [-0.25, -0.2) is 0 Å². The predicted molar refractivity (Wildman–Crippen MR) is 81.3 cm³/mol. The molecule has 1 aromatic rings. The van der Waals surface area contributed by atoms with E-state index in [1.807, 2.05) is 6.07 Å². The molecule has 1 amide bonds. The maximum Gasteiger partial charge on any atom is 0.224 e. The summed E-state index contributed by atoms with van der Waals surface area (Å²) in [5.41, 5.74) is 0.818. The molecular formula is C16H24N2O3. The molecule has 5 nitrogen and oxygen atoms in total. The first-order chi connectivity index (χ1) is 10.2. The number of rotatable bonds is 7. The van der Waals surface area contributed by atoms with Gasteiger partial charge in [-0.3, -0.25) is 4.79 Å². The van der Waals surface area contributed by atoms with Crippen molar-refractivity contribution in [1.29, 1.82) is 0 Å². The normalized spacial score (nSPS) is 15.8. The van der Waals surface area contributed by atoms with E-state index in [4.69, 9.17) is 4.74 Å². The van der Waals surface area contributed by atoms with Gasteiger partial charge >= 0.3 is 0 Å². The van der Waals surface area contributed by atoms with Gasteiger partial charge in [0.15, 0.2) is 0 Å². The number of piperidine rings is 1. The third kappa shape index (κ3) is 6.14. The molecular weight excluding hydrogens is 268 g/mol. The smallest absolute Gasteiger partial charge is 0.224 e. The van der Waals surface area contributed by atoms with Crippen molar-refractivity contribution in [2.75, 3.05) is 26.2 Å². The fraction of sp³-hybridized carbons (Fsp3) is 0.562. The molecule has 0 aliphatic carbocycles. The predicted octanol–water partition coefficient (Wildman–Crippen LogP) is 1.21. The maximum absolute atomic E-state index is 11.7. The SMILES string of the molecule is O=C(Cc1cccc(O)c1)NCCCOC1CCNCC1. The number of phenolic OH excluding ortho intramolecular Hbond substituents is 1. The summed E-state index contributed by atoms with van der Waals surface area (Å²) in [6.45, 7) is 3.39. The van der Waals surface area contributed by atoms with Crippen molar-refractivity contribution in [1.82, 2.24) is 10.6 Å². The molecule has 0 saturated carbocycles. The van der Waals surface area contributed by atoms with Crippen LogP contribution in [0.5, 0.6) is 5.75 Å². The van der Waals surface area contributed by atoms with Crippen LogP contribution >= 0.6 is 0 Å². The monoisotopic (exact) mass is 292 g/mol. The number of hydrogen-bond donors (Lipinski definition) is 3. The number of nitrogens with one attached hydrogen (secondary N) is 2. The molecule has 3 N–H and O–H groups in total. The second-order valence-electron chi connectivity index (χ2n) is 5.37. The number of benzene rings is 1. The second-order valence-corrected chi connectivity index (χ2v) is 5.37. The Kier molecular flexibility index (Phi) is 6.50. The lowest BCUT2D eigenvalue weighted by molar-refractivity contribution is -0.120. The Labute approximate surface area is 125 Å². The van der Waals surface area contributed by atoms with Gasteiger partial charge in [-0.15, -0.1) is 0 Å². The second kappa shape index (κ2) is 8.64. The molecule has 2 rings (SSSR count). The molecule has 1 aliphatic heterocycles. The van der Waals surface area contributed by atoms with E-state index in [2.05, 4.69) is 10.6 Å². The fourth-order valence-corrected chi connectivity index (χ4v) is 2.43. The Bertz CT molecular complexity index is 445. The van der Waals surface area contributed by atoms with E-state index in [-0.39, 0.29) is 11.7 Å². The lowest BCUT2D eigenvalue weighted by Crippen LogP contribution is -2.33. The van der Waals surface area contributed by atoms with Crippen LogP contribution in [0.1, 0.15) is 24.8 Å². The van der Waals surface area contributed by atoms with Crippen LogP contribution in [-0.2, 0) is 16.0 Å². The molecule has 116 valence electrons. The Morgan fingerprint density at radius 3 is 2.95 bits per heavy atom. The van der Waals surface area contributed by atoms with Crippen molar-refractivity contribution in [3.63, 3.8) is 0 Å². The fourth-order valence-electron chi connectivity index (χ4n) is 2.43. The maximum atomic E-state index is 11.7. The van der Waals surface area contributed by atoms with E-state index in [9.17, 15) is 9.90 Å². The highest BCUT2D eigenvalue weighted by molar-refractivity contribution is 5.78. The molecule has 0 atom stereocenters. The molecule has 0 aromatic heterocycles. The van der Waals surface area contributed by atoms with Gasteiger partial charge in [0, 0.05) is 13.2 Å². The molecule has 1 aromatic carbocycles. The van der Waals surface area contributed by atoms with Gasteiger partial charge in [0.1, 0.15) is 5.75 Å². The summed E-state index contributed by atoms with van der Waals surface area (Å²) in [4.78, 5) is 11.7. The van der Waals surface area contributed by atoms with Crippen LogP contribution in [0, 0.1) is 0 Å². The number of ether oxygens (including phenoxy) is 1. The first kappa shape index (κ1) is 15.8. The van der Waals surface area contributed by atoms with E-state index >= 15 is 0 Å². The standard InChI is InChI=1S/C16H24N2O3/c19-14-4-1-3-13(11-14)12-16(20)18-7-2-10-21-15-5-8-17-9-6-15/h1,3-4,11,15,17,19H,2,5-10,12H2,(H,18,20). The summed E-state index contributed by atoms with van der Waals surface area (Å²) in [6, 6.07) is 6.78. The minimum atomic E-state index is -0.0255. The number of hydrogen-bond acceptors (Lipinski definition) is 4. The summed E-state index contributed by atoms with van der Waals surface area (Å²) in [7, 11) is 0. The molecule has 1 aliphatic rings. The molecule has 21 heavy (non-hydrogen) atoms. The highest BCUT2D eigenvalue weighted by Crippen LogP contribution is 2.11. The van der Waals surface area contributed by atoms with Gasteiger partial charge in [-0.05, 0) is 50.0 Å². The molecule has 0 unspecified atom stereocenters. The molecule has 5 heteroatoms. The molecule has 1 fully saturated rings. The van der Waals surface area contributed by atoms with Crippen LogP contribution in [0.25, 0.3) is 0 Å². The number of aromatic hydroxyl groups is 1. The minimum absolute atomic E-state index is 0.0255. The van der Waals surface area contributed by atoms with E-state index in [1.165, 1.54) is 0 Å². The highest BCUT2D eigenvalue weighted by atomic mass is 16.5. The number of carbonyl (C=O) groups excluding carboxylic acids is 1. The van der Waals surface area contributed by atoms with Gasteiger partial charge in [0.05, 0.1) is 12.5 Å². The minimum Gasteiger partial charge on any atom is -0.508 e. The van der Waals surface area contributed by atoms with Crippen molar-refractivity contribution in [2.45, 2.75) is 31.8 Å². The first-order valence-electron chi connectivity index (χ1n) is 7.61. The summed E-state index contributed by atoms with van der Waals surface area (Å²) < 4.78 is 5.77. The number of amides is 1. The number of phenols is 1. The third-order valence-corrected chi connectivity index (χ3v) is 3.56. The highest BCUT2D eigenvalue weighted by Gasteiger charge is 2.12. The zero-order valence-electron chi connectivity index (χ0n) is 12.3. The lowest BCUT2D eigenvalue weighted by Gasteiger charge is -2.22. The molecule has 0 radical (unpaired) electrons. The van der Waals surface area contributed by atoms with Crippen LogP contribution in [0.4, 0.5) is 0 Å². The zero-order valence-corrected chi connectivity index (χ0v) is 12.3. The van der Waals surface area contributed by atoms with Gasteiger partial charge in [-0.1, -0.05) is 12.1 Å². The van der Waals surface area contributed by atoms with Crippen molar-refractivity contribution < 1.29 is 14.6 Å². The molecule has 0 spiro atoms. The topological polar surface area (TPSA) is 70.6 Å². The van der Waals surface area contributed by atoms with E-state index in [1.54, 1.807) is 18.2 Å². The van der Waals surface area contributed by atoms with Gasteiger partial charge in [0.2, 0.25) is 5.91 Å². The van der Waals surface area contributed by atoms with Crippen LogP contribution in [0.3, 0.4) is 0 Å². The van der Waals surface area contributed by atoms with E-state index < -0.39 is 0 Å². The average Bonchev–Trinajstić information content (AvgIpc) is 2.48. The Balaban J connectivity index is 1.54. The van der Waals surface area contributed by atoms with Gasteiger partial charge in [0.25, 0.3) is 0 Å². The first-order valence-corrected chi connectivity index (χ1v) is 7.61. The lowest BCUT2D eigenvalue weighted by atomic mass is 10.1. The number of carbonyl (C=O) groups is 1.